The first-order chi connectivity index (χ1) is 7.25. The molecule has 0 spiro atoms. The molecule has 0 fully saturated rings. The van der Waals surface area contributed by atoms with Gasteiger partial charge in [-0.15, -0.1) is 0 Å². The fourth-order valence-electron chi connectivity index (χ4n) is 1.40. The topological polar surface area (TPSA) is 64.1 Å². The number of rotatable bonds is 3. The molecule has 0 saturated carbocycles. The van der Waals surface area contributed by atoms with Crippen LogP contribution in [0.5, 0.6) is 0 Å². The van der Waals surface area contributed by atoms with Crippen molar-refractivity contribution in [1.82, 2.24) is 5.16 Å². The third-order valence-electron chi connectivity index (χ3n) is 2.19. The molecule has 0 aliphatic carbocycles. The molecule has 0 amide bonds. The Labute approximate surface area is 88.1 Å². The van der Waals surface area contributed by atoms with Gasteiger partial charge in [-0.05, 0) is 30.7 Å². The molecular weight excluding hydrogens is 190 g/mol. The number of hydrogen-bond acceptors (Lipinski definition) is 4. The van der Waals surface area contributed by atoms with E-state index in [-0.39, 0.29) is 0 Å². The van der Waals surface area contributed by atoms with E-state index in [4.69, 9.17) is 10.3 Å². The number of nitrogens with one attached hydrogen (secondary N) is 1. The Morgan fingerprint density at radius 2 is 2.27 bits per heavy atom. The van der Waals surface area contributed by atoms with Gasteiger partial charge in [0.05, 0.1) is 12.7 Å². The van der Waals surface area contributed by atoms with E-state index in [1.165, 1.54) is 0 Å². The van der Waals surface area contributed by atoms with Crippen LogP contribution in [0.15, 0.2) is 35.0 Å². The van der Waals surface area contributed by atoms with Crippen LogP contribution < -0.4 is 11.1 Å². The van der Waals surface area contributed by atoms with E-state index in [0.717, 1.165) is 22.7 Å². The van der Waals surface area contributed by atoms with Gasteiger partial charge in [-0.1, -0.05) is 5.16 Å². The van der Waals surface area contributed by atoms with Crippen molar-refractivity contribution in [2.24, 2.45) is 0 Å². The molecule has 4 heteroatoms. The molecule has 1 aromatic heterocycles. The molecule has 0 aliphatic heterocycles. The Morgan fingerprint density at radius 1 is 1.40 bits per heavy atom. The summed E-state index contributed by atoms with van der Waals surface area (Å²) in [6, 6.07) is 7.60. The average molecular weight is 203 g/mol. The highest BCUT2D eigenvalue weighted by atomic mass is 16.5. The summed E-state index contributed by atoms with van der Waals surface area (Å²) in [4.78, 5) is 0. The molecule has 1 heterocycles. The maximum Gasteiger partial charge on any atom is 0.155 e. The SMILES string of the molecule is Cc1cc(N)ccc1NCc1ccno1. The van der Waals surface area contributed by atoms with Crippen LogP contribution in [0.2, 0.25) is 0 Å². The van der Waals surface area contributed by atoms with Gasteiger partial charge in [-0.2, -0.15) is 0 Å². The van der Waals surface area contributed by atoms with Crippen molar-refractivity contribution < 1.29 is 4.52 Å². The molecular formula is C11H13N3O. The molecule has 0 aliphatic rings. The fraction of sp³-hybridized carbons (Fsp3) is 0.182. The van der Waals surface area contributed by atoms with E-state index in [2.05, 4.69) is 10.5 Å². The molecule has 15 heavy (non-hydrogen) atoms. The molecule has 0 radical (unpaired) electrons. The maximum atomic E-state index is 5.66. The van der Waals surface area contributed by atoms with Gasteiger partial charge in [0, 0.05) is 17.4 Å². The minimum absolute atomic E-state index is 0.630. The van der Waals surface area contributed by atoms with E-state index < -0.39 is 0 Å². The zero-order valence-electron chi connectivity index (χ0n) is 8.53. The van der Waals surface area contributed by atoms with Gasteiger partial charge >= 0.3 is 0 Å². The maximum absolute atomic E-state index is 5.66. The lowest BCUT2D eigenvalue weighted by atomic mass is 10.2. The van der Waals surface area contributed by atoms with Crippen LogP contribution in [-0.4, -0.2) is 5.16 Å². The lowest BCUT2D eigenvalue weighted by Crippen LogP contribution is -2.00. The molecule has 0 saturated heterocycles. The normalized spacial score (nSPS) is 10.2. The number of anilines is 2. The number of benzene rings is 1. The van der Waals surface area contributed by atoms with Gasteiger partial charge in [-0.25, -0.2) is 0 Å². The molecule has 3 N–H and O–H groups in total. The van der Waals surface area contributed by atoms with E-state index >= 15 is 0 Å². The molecule has 1 aromatic carbocycles. The quantitative estimate of drug-likeness (QED) is 0.750. The number of nitrogens with zero attached hydrogens (tertiary/aromatic N) is 1. The lowest BCUT2D eigenvalue weighted by molar-refractivity contribution is 0.388. The van der Waals surface area contributed by atoms with Crippen LogP contribution in [-0.2, 0) is 6.54 Å². The average Bonchev–Trinajstić information content (AvgIpc) is 2.69. The summed E-state index contributed by atoms with van der Waals surface area (Å²) in [5.41, 5.74) is 8.61. The summed E-state index contributed by atoms with van der Waals surface area (Å²) in [6.45, 7) is 2.64. The third-order valence-corrected chi connectivity index (χ3v) is 2.19. The zero-order chi connectivity index (χ0) is 10.7. The number of hydrogen-bond donors (Lipinski definition) is 2. The van der Waals surface area contributed by atoms with E-state index in [9.17, 15) is 0 Å². The highest BCUT2D eigenvalue weighted by Gasteiger charge is 2.00. The van der Waals surface area contributed by atoms with Crippen LogP contribution in [0.3, 0.4) is 0 Å². The van der Waals surface area contributed by atoms with Gasteiger partial charge in [0.25, 0.3) is 0 Å². The summed E-state index contributed by atoms with van der Waals surface area (Å²) < 4.78 is 4.98. The monoisotopic (exact) mass is 203 g/mol. The van der Waals surface area contributed by atoms with Crippen molar-refractivity contribution in [2.45, 2.75) is 13.5 Å². The first-order valence-corrected chi connectivity index (χ1v) is 4.75. The first-order valence-electron chi connectivity index (χ1n) is 4.75. The molecule has 78 valence electrons. The van der Waals surface area contributed by atoms with Crippen molar-refractivity contribution in [1.29, 1.82) is 0 Å². The Bertz CT molecular complexity index is 437. The van der Waals surface area contributed by atoms with Crippen LogP contribution in [0.25, 0.3) is 0 Å². The van der Waals surface area contributed by atoms with Crippen molar-refractivity contribution in [3.63, 3.8) is 0 Å². The summed E-state index contributed by atoms with van der Waals surface area (Å²) in [6.07, 6.45) is 1.63. The Morgan fingerprint density at radius 3 is 2.93 bits per heavy atom. The van der Waals surface area contributed by atoms with E-state index in [1.807, 2.05) is 31.2 Å². The molecule has 2 rings (SSSR count). The molecule has 0 bridgehead atoms. The highest BCUT2D eigenvalue weighted by molar-refractivity contribution is 5.57. The third kappa shape index (κ3) is 2.28. The Balaban J connectivity index is 2.05. The molecule has 0 unspecified atom stereocenters. The number of nitrogen functional groups attached to an aromatic ring is 1. The lowest BCUT2D eigenvalue weighted by Gasteiger charge is -2.08. The van der Waals surface area contributed by atoms with Crippen molar-refractivity contribution in [3.8, 4) is 0 Å². The zero-order valence-corrected chi connectivity index (χ0v) is 8.53. The number of aromatic nitrogens is 1. The minimum atomic E-state index is 0.630. The molecule has 4 nitrogen and oxygen atoms in total. The van der Waals surface area contributed by atoms with Gasteiger partial charge in [0.1, 0.15) is 0 Å². The first kappa shape index (κ1) is 9.58. The number of nitrogens with two attached hydrogens (primary N) is 1. The van der Waals surface area contributed by atoms with Gasteiger partial charge in [0.15, 0.2) is 5.76 Å². The second-order valence-corrected chi connectivity index (χ2v) is 3.41. The predicted octanol–water partition coefficient (Wildman–Crippen LogP) is 2.18. The molecule has 0 atom stereocenters. The van der Waals surface area contributed by atoms with Gasteiger partial charge in [-0.3, -0.25) is 0 Å². The Hall–Kier alpha value is -1.97. The van der Waals surface area contributed by atoms with Crippen LogP contribution in [0.1, 0.15) is 11.3 Å². The highest BCUT2D eigenvalue weighted by Crippen LogP contribution is 2.18. The standard InChI is InChI=1S/C11H13N3O/c1-8-6-9(12)2-3-11(8)13-7-10-4-5-14-15-10/h2-6,13H,7,12H2,1H3. The van der Waals surface area contributed by atoms with Crippen LogP contribution in [0, 0.1) is 6.92 Å². The summed E-state index contributed by atoms with van der Waals surface area (Å²) in [7, 11) is 0. The summed E-state index contributed by atoms with van der Waals surface area (Å²) >= 11 is 0. The van der Waals surface area contributed by atoms with Gasteiger partial charge < -0.3 is 15.6 Å². The van der Waals surface area contributed by atoms with E-state index in [1.54, 1.807) is 6.20 Å². The van der Waals surface area contributed by atoms with Crippen molar-refractivity contribution in [3.05, 3.63) is 41.8 Å². The van der Waals surface area contributed by atoms with Gasteiger partial charge in [0.2, 0.25) is 0 Å². The molecule has 2 aromatic rings. The number of aryl methyl sites for hydroxylation is 1. The summed E-state index contributed by atoms with van der Waals surface area (Å²) in [5, 5.41) is 6.89. The van der Waals surface area contributed by atoms with Crippen molar-refractivity contribution >= 4 is 11.4 Å². The second-order valence-electron chi connectivity index (χ2n) is 3.41. The van der Waals surface area contributed by atoms with Crippen LogP contribution >= 0.6 is 0 Å². The Kier molecular flexibility index (Phi) is 2.58. The smallest absolute Gasteiger partial charge is 0.155 e. The van der Waals surface area contributed by atoms with E-state index in [0.29, 0.717) is 6.54 Å². The van der Waals surface area contributed by atoms with Crippen LogP contribution in [0.4, 0.5) is 11.4 Å². The predicted molar refractivity (Wildman–Crippen MR) is 59.4 cm³/mol. The van der Waals surface area contributed by atoms with Crippen molar-refractivity contribution in [2.75, 3.05) is 11.1 Å². The second kappa shape index (κ2) is 4.04. The minimum Gasteiger partial charge on any atom is -0.399 e. The largest absolute Gasteiger partial charge is 0.399 e. The summed E-state index contributed by atoms with van der Waals surface area (Å²) in [5.74, 6) is 0.811. The fourth-order valence-corrected chi connectivity index (χ4v) is 1.40.